The fourth-order valence-corrected chi connectivity index (χ4v) is 2.92. The number of phenols is 1. The first-order valence-corrected chi connectivity index (χ1v) is 8.55. The molecule has 0 spiro atoms. The van der Waals surface area contributed by atoms with Crippen molar-refractivity contribution in [2.75, 3.05) is 13.7 Å². The summed E-state index contributed by atoms with van der Waals surface area (Å²) in [5.74, 6) is -1.20. The van der Waals surface area contributed by atoms with Gasteiger partial charge < -0.3 is 19.9 Å². The Hall–Kier alpha value is -2.77. The van der Waals surface area contributed by atoms with Gasteiger partial charge in [-0.2, -0.15) is 0 Å². The van der Waals surface area contributed by atoms with Gasteiger partial charge in [0, 0.05) is 12.1 Å². The van der Waals surface area contributed by atoms with Gasteiger partial charge in [0.1, 0.15) is 17.1 Å². The van der Waals surface area contributed by atoms with Crippen LogP contribution in [-0.4, -0.2) is 42.8 Å². The molecule has 0 radical (unpaired) electrons. The number of aromatic hydroxyl groups is 1. The molecule has 0 bridgehead atoms. The van der Waals surface area contributed by atoms with Crippen molar-refractivity contribution >= 4 is 17.9 Å². The van der Waals surface area contributed by atoms with Crippen LogP contribution in [0.5, 0.6) is 11.5 Å². The van der Waals surface area contributed by atoms with Crippen molar-refractivity contribution in [1.82, 2.24) is 10.6 Å². The van der Waals surface area contributed by atoms with Crippen molar-refractivity contribution in [1.29, 1.82) is 0 Å². The van der Waals surface area contributed by atoms with E-state index in [1.807, 2.05) is 0 Å². The number of amides is 3. The second-order valence-electron chi connectivity index (χ2n) is 6.35. The summed E-state index contributed by atoms with van der Waals surface area (Å²) in [5.41, 5.74) is -0.0981. The zero-order chi connectivity index (χ0) is 19.1. The van der Waals surface area contributed by atoms with Gasteiger partial charge >= 0.3 is 12.0 Å². The second-order valence-corrected chi connectivity index (χ2v) is 6.35. The molecule has 26 heavy (non-hydrogen) atoms. The Morgan fingerprint density at radius 3 is 2.62 bits per heavy atom. The summed E-state index contributed by atoms with van der Waals surface area (Å²) in [7, 11) is 1.43. The SMILES string of the molecule is COc1ccc(C(=O)OCC(=O)NC(=O)N[C@@H]2CCCC[C@H]2C)c(O)c1. The van der Waals surface area contributed by atoms with Crippen LogP contribution < -0.4 is 15.4 Å². The topological polar surface area (TPSA) is 114 Å². The van der Waals surface area contributed by atoms with Gasteiger partial charge in [-0.05, 0) is 30.9 Å². The molecule has 1 saturated carbocycles. The smallest absolute Gasteiger partial charge is 0.342 e. The summed E-state index contributed by atoms with van der Waals surface area (Å²) < 4.78 is 9.75. The molecule has 0 unspecified atom stereocenters. The molecule has 2 rings (SSSR count). The molecule has 142 valence electrons. The first-order valence-electron chi connectivity index (χ1n) is 8.55. The third-order valence-electron chi connectivity index (χ3n) is 4.44. The van der Waals surface area contributed by atoms with E-state index in [9.17, 15) is 19.5 Å². The fraction of sp³-hybridized carbons (Fsp3) is 0.500. The molecule has 2 atom stereocenters. The normalized spacial score (nSPS) is 19.3. The minimum Gasteiger partial charge on any atom is -0.507 e. The average molecular weight is 364 g/mol. The standard InChI is InChI=1S/C18H24N2O6/c1-11-5-3-4-6-14(11)19-18(24)20-16(22)10-26-17(23)13-8-7-12(25-2)9-15(13)21/h7-9,11,14,21H,3-6,10H2,1-2H3,(H2,19,20,22,24)/t11-,14-/m1/s1. The lowest BCUT2D eigenvalue weighted by Crippen LogP contribution is -2.48. The largest absolute Gasteiger partial charge is 0.507 e. The number of urea groups is 1. The second kappa shape index (κ2) is 9.07. The third-order valence-corrected chi connectivity index (χ3v) is 4.44. The lowest BCUT2D eigenvalue weighted by atomic mass is 9.86. The number of carbonyl (C=O) groups excluding carboxylic acids is 3. The molecule has 1 aromatic rings. The van der Waals surface area contributed by atoms with Crippen LogP contribution in [0, 0.1) is 5.92 Å². The molecular formula is C18H24N2O6. The highest BCUT2D eigenvalue weighted by molar-refractivity contribution is 5.97. The van der Waals surface area contributed by atoms with Gasteiger partial charge in [0.2, 0.25) is 0 Å². The predicted octanol–water partition coefficient (Wildman–Crippen LogP) is 1.96. The van der Waals surface area contributed by atoms with Gasteiger partial charge in [-0.1, -0.05) is 19.8 Å². The van der Waals surface area contributed by atoms with Crippen LogP contribution in [0.4, 0.5) is 4.79 Å². The molecule has 1 aliphatic rings. The number of methoxy groups -OCH3 is 1. The maximum atomic E-state index is 11.9. The van der Waals surface area contributed by atoms with Crippen LogP contribution >= 0.6 is 0 Å². The van der Waals surface area contributed by atoms with Crippen molar-refractivity contribution in [3.8, 4) is 11.5 Å². The van der Waals surface area contributed by atoms with E-state index >= 15 is 0 Å². The number of nitrogens with one attached hydrogen (secondary N) is 2. The minimum absolute atomic E-state index is 0.0374. The lowest BCUT2D eigenvalue weighted by molar-refractivity contribution is -0.123. The Kier molecular flexibility index (Phi) is 6.82. The summed E-state index contributed by atoms with van der Waals surface area (Å²) in [6.45, 7) is 1.44. The van der Waals surface area contributed by atoms with E-state index in [0.29, 0.717) is 11.7 Å². The number of hydrogen-bond acceptors (Lipinski definition) is 6. The van der Waals surface area contributed by atoms with E-state index in [2.05, 4.69) is 17.6 Å². The predicted molar refractivity (Wildman–Crippen MR) is 93.0 cm³/mol. The van der Waals surface area contributed by atoms with Gasteiger partial charge in [0.15, 0.2) is 6.61 Å². The van der Waals surface area contributed by atoms with E-state index < -0.39 is 24.5 Å². The molecule has 8 nitrogen and oxygen atoms in total. The quantitative estimate of drug-likeness (QED) is 0.688. The Morgan fingerprint density at radius 1 is 1.23 bits per heavy atom. The number of hydrogen-bond donors (Lipinski definition) is 3. The Bertz CT molecular complexity index is 676. The van der Waals surface area contributed by atoms with Crippen LogP contribution in [0.15, 0.2) is 18.2 Å². The Labute approximate surface area is 151 Å². The van der Waals surface area contributed by atoms with Gasteiger partial charge in [0.05, 0.1) is 7.11 Å². The van der Waals surface area contributed by atoms with E-state index in [4.69, 9.17) is 9.47 Å². The summed E-state index contributed by atoms with van der Waals surface area (Å²) >= 11 is 0. The fourth-order valence-electron chi connectivity index (χ4n) is 2.92. The van der Waals surface area contributed by atoms with Crippen LogP contribution in [0.3, 0.4) is 0 Å². The maximum Gasteiger partial charge on any atom is 0.342 e. The molecule has 8 heteroatoms. The van der Waals surface area contributed by atoms with Crippen LogP contribution in [-0.2, 0) is 9.53 Å². The van der Waals surface area contributed by atoms with Crippen molar-refractivity contribution in [2.24, 2.45) is 5.92 Å². The summed E-state index contributed by atoms with van der Waals surface area (Å²) in [5, 5.41) is 14.7. The zero-order valence-electron chi connectivity index (χ0n) is 14.9. The molecule has 3 N–H and O–H groups in total. The summed E-state index contributed by atoms with van der Waals surface area (Å²) in [6.07, 6.45) is 4.12. The van der Waals surface area contributed by atoms with Crippen molar-refractivity contribution in [3.05, 3.63) is 23.8 Å². The minimum atomic E-state index is -0.874. The molecule has 0 heterocycles. The average Bonchev–Trinajstić information content (AvgIpc) is 2.61. The number of phenolic OH excluding ortho intramolecular Hbond substituents is 1. The number of rotatable bonds is 5. The van der Waals surface area contributed by atoms with Gasteiger partial charge in [-0.15, -0.1) is 0 Å². The van der Waals surface area contributed by atoms with E-state index in [1.165, 1.54) is 25.3 Å². The van der Waals surface area contributed by atoms with Crippen LogP contribution in [0.1, 0.15) is 43.0 Å². The van der Waals surface area contributed by atoms with Crippen molar-refractivity contribution in [2.45, 2.75) is 38.6 Å². The van der Waals surface area contributed by atoms with Crippen molar-refractivity contribution in [3.63, 3.8) is 0 Å². The van der Waals surface area contributed by atoms with Gasteiger partial charge in [-0.25, -0.2) is 9.59 Å². The van der Waals surface area contributed by atoms with E-state index in [0.717, 1.165) is 25.7 Å². The summed E-state index contributed by atoms with van der Waals surface area (Å²) in [4.78, 5) is 35.5. The zero-order valence-corrected chi connectivity index (χ0v) is 14.9. The third kappa shape index (κ3) is 5.37. The number of carbonyl (C=O) groups is 3. The Morgan fingerprint density at radius 2 is 1.96 bits per heavy atom. The number of ether oxygens (including phenoxy) is 2. The van der Waals surface area contributed by atoms with E-state index in [1.54, 1.807) is 0 Å². The molecular weight excluding hydrogens is 340 g/mol. The highest BCUT2D eigenvalue weighted by Crippen LogP contribution is 2.24. The highest BCUT2D eigenvalue weighted by atomic mass is 16.5. The van der Waals surface area contributed by atoms with Crippen LogP contribution in [0.2, 0.25) is 0 Å². The van der Waals surface area contributed by atoms with Gasteiger partial charge in [0.25, 0.3) is 5.91 Å². The first kappa shape index (κ1) is 19.6. The monoisotopic (exact) mass is 364 g/mol. The molecule has 1 fully saturated rings. The van der Waals surface area contributed by atoms with Gasteiger partial charge in [-0.3, -0.25) is 10.1 Å². The number of benzene rings is 1. The van der Waals surface area contributed by atoms with Crippen molar-refractivity contribution < 1.29 is 29.0 Å². The Balaban J connectivity index is 1.79. The maximum absolute atomic E-state index is 11.9. The molecule has 0 saturated heterocycles. The highest BCUT2D eigenvalue weighted by Gasteiger charge is 2.23. The van der Waals surface area contributed by atoms with E-state index in [-0.39, 0.29) is 17.4 Å². The first-order chi connectivity index (χ1) is 12.4. The molecule has 3 amide bonds. The molecule has 1 aromatic carbocycles. The molecule has 1 aliphatic carbocycles. The molecule has 0 aliphatic heterocycles. The lowest BCUT2D eigenvalue weighted by Gasteiger charge is -2.29. The number of imide groups is 1. The molecule has 0 aromatic heterocycles. The summed E-state index contributed by atoms with van der Waals surface area (Å²) in [6, 6.07) is 3.50. The number of esters is 1. The van der Waals surface area contributed by atoms with Crippen LogP contribution in [0.25, 0.3) is 0 Å².